The summed E-state index contributed by atoms with van der Waals surface area (Å²) in [5.41, 5.74) is 5.44. The van der Waals surface area contributed by atoms with Crippen molar-refractivity contribution in [3.63, 3.8) is 0 Å². The van der Waals surface area contributed by atoms with E-state index in [1.807, 2.05) is 13.8 Å². The van der Waals surface area contributed by atoms with Crippen LogP contribution in [0.15, 0.2) is 24.3 Å². The van der Waals surface area contributed by atoms with Crippen LogP contribution < -0.4 is 5.73 Å². The minimum atomic E-state index is -1.36. The van der Waals surface area contributed by atoms with Gasteiger partial charge < -0.3 is 15.9 Å². The zero-order chi connectivity index (χ0) is 13.8. The van der Waals surface area contributed by atoms with Gasteiger partial charge in [-0.1, -0.05) is 32.4 Å². The van der Waals surface area contributed by atoms with Crippen LogP contribution in [0.1, 0.15) is 38.7 Å². The second kappa shape index (κ2) is 5.87. The number of nitrogens with two attached hydrogens (primary N) is 1. The molecule has 0 saturated heterocycles. The number of carbonyl (C=O) groups is 1. The van der Waals surface area contributed by atoms with Gasteiger partial charge in [-0.15, -0.1) is 0 Å². The number of anilines is 1. The molecule has 0 amide bonds. The zero-order valence-corrected chi connectivity index (χ0v) is 10.9. The van der Waals surface area contributed by atoms with Crippen LogP contribution >= 0.6 is 0 Å². The number of carboxylic acids is 1. The SMILES string of the molecule is CCCC(C)C(O)(CC(=O)O)c1cccc(N)c1. The normalized spacial score (nSPS) is 15.9. The molecule has 0 heterocycles. The van der Waals surface area contributed by atoms with Gasteiger partial charge in [0.1, 0.15) is 5.60 Å². The Morgan fingerprint density at radius 1 is 1.50 bits per heavy atom. The summed E-state index contributed by atoms with van der Waals surface area (Å²) < 4.78 is 0. The number of aliphatic hydroxyl groups is 1. The van der Waals surface area contributed by atoms with Crippen molar-refractivity contribution in [2.75, 3.05) is 5.73 Å². The van der Waals surface area contributed by atoms with Gasteiger partial charge in [0, 0.05) is 5.69 Å². The number of hydrogen-bond acceptors (Lipinski definition) is 3. The highest BCUT2D eigenvalue weighted by Gasteiger charge is 2.37. The first-order valence-electron chi connectivity index (χ1n) is 6.20. The monoisotopic (exact) mass is 251 g/mol. The number of hydrogen-bond donors (Lipinski definition) is 3. The fourth-order valence-electron chi connectivity index (χ4n) is 2.27. The van der Waals surface area contributed by atoms with Crippen LogP contribution in [0.3, 0.4) is 0 Å². The van der Waals surface area contributed by atoms with Crippen molar-refractivity contribution in [3.8, 4) is 0 Å². The van der Waals surface area contributed by atoms with Gasteiger partial charge in [0.15, 0.2) is 0 Å². The molecule has 0 saturated carbocycles. The maximum atomic E-state index is 11.0. The van der Waals surface area contributed by atoms with E-state index in [0.717, 1.165) is 12.8 Å². The van der Waals surface area contributed by atoms with Crippen molar-refractivity contribution < 1.29 is 15.0 Å². The molecule has 0 bridgehead atoms. The number of rotatable bonds is 6. The van der Waals surface area contributed by atoms with Crippen molar-refractivity contribution in [1.82, 2.24) is 0 Å². The first kappa shape index (κ1) is 14.5. The highest BCUT2D eigenvalue weighted by atomic mass is 16.4. The highest BCUT2D eigenvalue weighted by Crippen LogP contribution is 2.36. The van der Waals surface area contributed by atoms with Gasteiger partial charge in [-0.2, -0.15) is 0 Å². The summed E-state index contributed by atoms with van der Waals surface area (Å²) in [6, 6.07) is 6.83. The summed E-state index contributed by atoms with van der Waals surface area (Å²) in [5.74, 6) is -1.15. The Bertz CT molecular complexity index is 419. The molecule has 0 spiro atoms. The van der Waals surface area contributed by atoms with E-state index in [-0.39, 0.29) is 12.3 Å². The predicted molar refractivity (Wildman–Crippen MR) is 71.1 cm³/mol. The lowest BCUT2D eigenvalue weighted by Crippen LogP contribution is -2.36. The first-order valence-corrected chi connectivity index (χ1v) is 6.20. The Balaban J connectivity index is 3.14. The van der Waals surface area contributed by atoms with Gasteiger partial charge in [0.05, 0.1) is 6.42 Å². The topological polar surface area (TPSA) is 83.5 Å². The van der Waals surface area contributed by atoms with Crippen molar-refractivity contribution in [2.24, 2.45) is 5.92 Å². The third-order valence-electron chi connectivity index (χ3n) is 3.34. The van der Waals surface area contributed by atoms with Gasteiger partial charge in [-0.3, -0.25) is 4.79 Å². The van der Waals surface area contributed by atoms with E-state index < -0.39 is 11.6 Å². The Hall–Kier alpha value is -1.55. The molecule has 1 aromatic rings. The average Bonchev–Trinajstić information content (AvgIpc) is 2.28. The Kier molecular flexibility index (Phi) is 4.73. The van der Waals surface area contributed by atoms with Crippen molar-refractivity contribution in [3.05, 3.63) is 29.8 Å². The first-order chi connectivity index (χ1) is 8.40. The summed E-state index contributed by atoms with van der Waals surface area (Å²) in [5, 5.41) is 19.7. The molecule has 0 aliphatic rings. The van der Waals surface area contributed by atoms with Gasteiger partial charge in [0.25, 0.3) is 0 Å². The Morgan fingerprint density at radius 3 is 2.67 bits per heavy atom. The van der Waals surface area contributed by atoms with E-state index in [9.17, 15) is 9.90 Å². The summed E-state index contributed by atoms with van der Waals surface area (Å²) >= 11 is 0. The van der Waals surface area contributed by atoms with Gasteiger partial charge in [-0.05, 0) is 30.0 Å². The molecule has 4 heteroatoms. The third kappa shape index (κ3) is 3.23. The molecule has 1 rings (SSSR count). The van der Waals surface area contributed by atoms with Gasteiger partial charge in [-0.25, -0.2) is 0 Å². The third-order valence-corrected chi connectivity index (χ3v) is 3.34. The molecule has 0 aliphatic heterocycles. The fourth-order valence-corrected chi connectivity index (χ4v) is 2.27. The smallest absolute Gasteiger partial charge is 0.306 e. The summed E-state index contributed by atoms with van der Waals surface area (Å²) in [7, 11) is 0. The molecule has 0 fully saturated rings. The van der Waals surface area contributed by atoms with E-state index in [0.29, 0.717) is 11.3 Å². The number of nitrogen functional groups attached to an aromatic ring is 1. The van der Waals surface area contributed by atoms with Crippen molar-refractivity contribution in [1.29, 1.82) is 0 Å². The molecule has 18 heavy (non-hydrogen) atoms. The van der Waals surface area contributed by atoms with Crippen molar-refractivity contribution in [2.45, 2.75) is 38.7 Å². The molecule has 1 aromatic carbocycles. The number of benzene rings is 1. The largest absolute Gasteiger partial charge is 0.481 e. The average molecular weight is 251 g/mol. The standard InChI is InChI=1S/C14H21NO3/c1-3-5-10(2)14(18,9-13(16)17)11-6-4-7-12(15)8-11/h4,6-8,10,18H,3,5,9,15H2,1-2H3,(H,16,17). The molecule has 0 aliphatic carbocycles. The molecular formula is C14H21NO3. The Morgan fingerprint density at radius 2 is 2.17 bits per heavy atom. The minimum Gasteiger partial charge on any atom is -0.481 e. The van der Waals surface area contributed by atoms with Crippen LogP contribution in [0.5, 0.6) is 0 Å². The van der Waals surface area contributed by atoms with E-state index in [4.69, 9.17) is 10.8 Å². The van der Waals surface area contributed by atoms with Crippen LogP contribution in [0, 0.1) is 5.92 Å². The lowest BCUT2D eigenvalue weighted by Gasteiger charge is -2.33. The molecule has 2 atom stereocenters. The minimum absolute atomic E-state index is 0.139. The Labute approximate surface area is 107 Å². The molecule has 0 radical (unpaired) electrons. The van der Waals surface area contributed by atoms with E-state index >= 15 is 0 Å². The lowest BCUT2D eigenvalue weighted by molar-refractivity contribution is -0.145. The van der Waals surface area contributed by atoms with Crippen LogP contribution in [0.4, 0.5) is 5.69 Å². The maximum Gasteiger partial charge on any atom is 0.306 e. The predicted octanol–water partition coefficient (Wildman–Crippen LogP) is 2.37. The molecule has 100 valence electrons. The number of aliphatic carboxylic acids is 1. The van der Waals surface area contributed by atoms with Crippen LogP contribution in [0.25, 0.3) is 0 Å². The molecule has 0 aromatic heterocycles. The molecule has 4 N–H and O–H groups in total. The van der Waals surface area contributed by atoms with Crippen molar-refractivity contribution >= 4 is 11.7 Å². The second-order valence-electron chi connectivity index (χ2n) is 4.81. The molecule has 4 nitrogen and oxygen atoms in total. The van der Waals surface area contributed by atoms with Gasteiger partial charge in [0.2, 0.25) is 0 Å². The second-order valence-corrected chi connectivity index (χ2v) is 4.81. The summed E-state index contributed by atoms with van der Waals surface area (Å²) in [4.78, 5) is 11.0. The van der Waals surface area contributed by atoms with Crippen LogP contribution in [-0.4, -0.2) is 16.2 Å². The maximum absolute atomic E-state index is 11.0. The number of carboxylic acid groups (broad SMARTS) is 1. The molecular weight excluding hydrogens is 230 g/mol. The van der Waals surface area contributed by atoms with Crippen LogP contribution in [-0.2, 0) is 10.4 Å². The highest BCUT2D eigenvalue weighted by molar-refractivity contribution is 5.69. The lowest BCUT2D eigenvalue weighted by atomic mass is 9.77. The fraction of sp³-hybridized carbons (Fsp3) is 0.500. The van der Waals surface area contributed by atoms with E-state index in [2.05, 4.69) is 0 Å². The van der Waals surface area contributed by atoms with E-state index in [1.54, 1.807) is 24.3 Å². The summed E-state index contributed by atoms with van der Waals surface area (Å²) in [6.45, 7) is 3.88. The van der Waals surface area contributed by atoms with Gasteiger partial charge >= 0.3 is 5.97 Å². The quantitative estimate of drug-likeness (QED) is 0.678. The summed E-state index contributed by atoms with van der Waals surface area (Å²) in [6.07, 6.45) is 1.35. The van der Waals surface area contributed by atoms with E-state index in [1.165, 1.54) is 0 Å². The zero-order valence-electron chi connectivity index (χ0n) is 10.9. The van der Waals surface area contributed by atoms with Crippen LogP contribution in [0.2, 0.25) is 0 Å². The molecule has 2 unspecified atom stereocenters.